The first-order valence-corrected chi connectivity index (χ1v) is 12.5. The molecule has 0 aliphatic carbocycles. The van der Waals surface area contributed by atoms with Crippen molar-refractivity contribution in [1.82, 2.24) is 4.90 Å². The number of ether oxygens (including phenoxy) is 4. The first-order valence-electron chi connectivity index (χ1n) is 12.5. The summed E-state index contributed by atoms with van der Waals surface area (Å²) in [7, 11) is 3.26. The molecule has 1 saturated heterocycles. The highest BCUT2D eigenvalue weighted by molar-refractivity contribution is 5.71. The Hall–Kier alpha value is -2.48. The Balaban J connectivity index is 2.30. The van der Waals surface area contributed by atoms with Crippen molar-refractivity contribution in [2.24, 2.45) is 11.8 Å². The Bertz CT molecular complexity index is 833. The summed E-state index contributed by atoms with van der Waals surface area (Å²) in [6.07, 6.45) is 3.05. The molecule has 1 heterocycles. The lowest BCUT2D eigenvalue weighted by Gasteiger charge is -2.33. The number of carbonyl (C=O) groups excluding carboxylic acids is 1. The van der Waals surface area contributed by atoms with Crippen molar-refractivity contribution in [3.05, 3.63) is 23.8 Å². The van der Waals surface area contributed by atoms with Crippen LogP contribution in [0.5, 0.6) is 11.5 Å². The maximum atomic E-state index is 13.3. The van der Waals surface area contributed by atoms with E-state index in [0.29, 0.717) is 37.6 Å². The number of likely N-dealkylation sites (tertiary alicyclic amines) is 1. The van der Waals surface area contributed by atoms with Crippen LogP contribution < -0.4 is 9.47 Å². The average Bonchev–Trinajstić information content (AvgIpc) is 3.19. The summed E-state index contributed by atoms with van der Waals surface area (Å²) in [5.41, 5.74) is 0.311. The van der Waals surface area contributed by atoms with Gasteiger partial charge in [-0.05, 0) is 70.1 Å². The summed E-state index contributed by atoms with van der Waals surface area (Å²) in [5, 5.41) is 9.62. The number of carboxylic acids is 1. The van der Waals surface area contributed by atoms with Gasteiger partial charge in [-0.3, -0.25) is 9.69 Å². The zero-order valence-corrected chi connectivity index (χ0v) is 22.3. The monoisotopic (exact) mass is 493 g/mol. The summed E-state index contributed by atoms with van der Waals surface area (Å²) in [6, 6.07) is 5.47. The highest BCUT2D eigenvalue weighted by Gasteiger charge is 2.40. The smallest absolute Gasteiger partial charge is 0.411 e. The molecule has 0 saturated carbocycles. The highest BCUT2D eigenvalue weighted by atomic mass is 16.6. The Morgan fingerprint density at radius 2 is 1.83 bits per heavy atom. The molecule has 1 unspecified atom stereocenters. The summed E-state index contributed by atoms with van der Waals surface area (Å²) in [6.45, 7) is 10.5. The highest BCUT2D eigenvalue weighted by Crippen LogP contribution is 2.42. The lowest BCUT2D eigenvalue weighted by Crippen LogP contribution is -2.41. The summed E-state index contributed by atoms with van der Waals surface area (Å²) >= 11 is 0. The second-order valence-corrected chi connectivity index (χ2v) is 10.5. The van der Waals surface area contributed by atoms with Gasteiger partial charge in [-0.25, -0.2) is 4.79 Å². The molecule has 2 rings (SSSR count). The molecule has 8 heteroatoms. The molecular formula is C27H43NO7. The number of carbonyl (C=O) groups is 2. The van der Waals surface area contributed by atoms with Crippen LogP contribution in [0.4, 0.5) is 4.79 Å². The fourth-order valence-corrected chi connectivity index (χ4v) is 4.60. The van der Waals surface area contributed by atoms with Gasteiger partial charge >= 0.3 is 12.1 Å². The molecule has 1 aliphatic heterocycles. The summed E-state index contributed by atoms with van der Waals surface area (Å²) in [5.74, 6) is 0.0516. The number of methoxy groups -OCH3 is 2. The van der Waals surface area contributed by atoms with Crippen LogP contribution in [0.25, 0.3) is 0 Å². The van der Waals surface area contributed by atoms with Crippen LogP contribution in [0.3, 0.4) is 0 Å². The fourth-order valence-electron chi connectivity index (χ4n) is 4.60. The molecule has 0 radical (unpaired) electrons. The van der Waals surface area contributed by atoms with E-state index in [0.717, 1.165) is 24.8 Å². The standard InChI is InChI=1S/C27H43NO7/c1-18(2)21(25(29)30)12-10-20-11-13-22(28(20)26(31)35-27(3,4)5)19-9-14-23(33-7)24(17-19)34-16-8-15-32-6/h9,14,17-18,20-22H,8,10-13,15-16H2,1-7H3,(H,29,30)/t20-,21+,22?/m1/s1. The first kappa shape index (κ1) is 28.8. The van der Waals surface area contributed by atoms with Crippen molar-refractivity contribution in [1.29, 1.82) is 0 Å². The van der Waals surface area contributed by atoms with Gasteiger partial charge in [0.05, 0.1) is 25.7 Å². The molecular weight excluding hydrogens is 450 g/mol. The summed E-state index contributed by atoms with van der Waals surface area (Å²) in [4.78, 5) is 26.9. The Morgan fingerprint density at radius 1 is 1.11 bits per heavy atom. The minimum Gasteiger partial charge on any atom is -0.493 e. The molecule has 0 spiro atoms. The molecule has 1 aliphatic rings. The molecule has 8 nitrogen and oxygen atoms in total. The number of nitrogens with zero attached hydrogens (tertiary/aromatic N) is 1. The molecule has 1 N–H and O–H groups in total. The van der Waals surface area contributed by atoms with Crippen molar-refractivity contribution in [2.45, 2.75) is 84.4 Å². The van der Waals surface area contributed by atoms with E-state index < -0.39 is 17.5 Å². The van der Waals surface area contributed by atoms with Crippen molar-refractivity contribution in [2.75, 3.05) is 27.4 Å². The van der Waals surface area contributed by atoms with E-state index in [1.807, 2.05) is 52.8 Å². The molecule has 35 heavy (non-hydrogen) atoms. The Kier molecular flexibility index (Phi) is 10.7. The van der Waals surface area contributed by atoms with Gasteiger partial charge < -0.3 is 24.1 Å². The SMILES string of the molecule is COCCCOc1cc(C2CC[C@@H](CC[C@H](C(=O)O)C(C)C)N2C(=O)OC(C)(C)C)ccc1OC. The molecule has 1 aromatic rings. The zero-order valence-electron chi connectivity index (χ0n) is 22.3. The van der Waals surface area contributed by atoms with Crippen LogP contribution >= 0.6 is 0 Å². The van der Waals surface area contributed by atoms with Crippen LogP contribution in [-0.2, 0) is 14.3 Å². The molecule has 1 aromatic carbocycles. The van der Waals surface area contributed by atoms with Crippen LogP contribution in [-0.4, -0.2) is 61.1 Å². The predicted octanol–water partition coefficient (Wildman–Crippen LogP) is 5.69. The molecule has 1 fully saturated rings. The molecule has 1 amide bonds. The van der Waals surface area contributed by atoms with Gasteiger partial charge in [0.1, 0.15) is 5.60 Å². The lowest BCUT2D eigenvalue weighted by molar-refractivity contribution is -0.143. The predicted molar refractivity (Wildman–Crippen MR) is 134 cm³/mol. The third-order valence-corrected chi connectivity index (χ3v) is 6.36. The fraction of sp³-hybridized carbons (Fsp3) is 0.704. The minimum atomic E-state index is -0.788. The number of aliphatic carboxylic acids is 1. The largest absolute Gasteiger partial charge is 0.493 e. The van der Waals surface area contributed by atoms with E-state index in [-0.39, 0.29) is 24.1 Å². The molecule has 0 aromatic heterocycles. The van der Waals surface area contributed by atoms with Crippen molar-refractivity contribution in [3.8, 4) is 11.5 Å². The van der Waals surface area contributed by atoms with Crippen molar-refractivity contribution < 1.29 is 33.6 Å². The van der Waals surface area contributed by atoms with E-state index in [1.54, 1.807) is 19.1 Å². The number of carboxylic acid groups (broad SMARTS) is 1. The van der Waals surface area contributed by atoms with E-state index in [9.17, 15) is 14.7 Å². The van der Waals surface area contributed by atoms with Crippen LogP contribution in [0.1, 0.15) is 78.3 Å². The van der Waals surface area contributed by atoms with Crippen LogP contribution in [0.15, 0.2) is 18.2 Å². The zero-order chi connectivity index (χ0) is 26.2. The summed E-state index contributed by atoms with van der Waals surface area (Å²) < 4.78 is 22.3. The van der Waals surface area contributed by atoms with Gasteiger partial charge in [0.25, 0.3) is 0 Å². The second kappa shape index (κ2) is 13.0. The number of amides is 1. The van der Waals surface area contributed by atoms with Gasteiger partial charge in [0, 0.05) is 26.2 Å². The quantitative estimate of drug-likeness (QED) is 0.374. The maximum Gasteiger partial charge on any atom is 0.411 e. The number of hydrogen-bond acceptors (Lipinski definition) is 6. The van der Waals surface area contributed by atoms with Crippen molar-refractivity contribution in [3.63, 3.8) is 0 Å². The van der Waals surface area contributed by atoms with Crippen LogP contribution in [0, 0.1) is 11.8 Å². The molecule has 198 valence electrons. The average molecular weight is 494 g/mol. The number of rotatable bonds is 12. The third-order valence-electron chi connectivity index (χ3n) is 6.36. The second-order valence-electron chi connectivity index (χ2n) is 10.5. The first-order chi connectivity index (χ1) is 16.5. The maximum absolute atomic E-state index is 13.3. The normalized spacial score (nSPS) is 19.0. The van der Waals surface area contributed by atoms with Gasteiger partial charge in [-0.1, -0.05) is 19.9 Å². The Labute approximate surface area is 209 Å². The number of hydrogen-bond donors (Lipinski definition) is 1. The lowest BCUT2D eigenvalue weighted by atomic mass is 9.89. The number of benzene rings is 1. The van der Waals surface area contributed by atoms with Gasteiger partial charge in [0.15, 0.2) is 11.5 Å². The molecule has 3 atom stereocenters. The van der Waals surface area contributed by atoms with E-state index in [4.69, 9.17) is 18.9 Å². The van der Waals surface area contributed by atoms with Gasteiger partial charge in [-0.2, -0.15) is 0 Å². The molecule has 0 bridgehead atoms. The van der Waals surface area contributed by atoms with E-state index >= 15 is 0 Å². The van der Waals surface area contributed by atoms with Crippen LogP contribution in [0.2, 0.25) is 0 Å². The Morgan fingerprint density at radius 3 is 2.40 bits per heavy atom. The van der Waals surface area contributed by atoms with Crippen molar-refractivity contribution >= 4 is 12.1 Å². The minimum absolute atomic E-state index is 0.0269. The van der Waals surface area contributed by atoms with E-state index in [2.05, 4.69) is 0 Å². The van der Waals surface area contributed by atoms with Gasteiger partial charge in [0.2, 0.25) is 0 Å². The topological polar surface area (TPSA) is 94.5 Å². The van der Waals surface area contributed by atoms with E-state index in [1.165, 1.54) is 0 Å². The van der Waals surface area contributed by atoms with Gasteiger partial charge in [-0.15, -0.1) is 0 Å². The third kappa shape index (κ3) is 8.30.